The molecule has 0 unspecified atom stereocenters. The second-order valence-electron chi connectivity index (χ2n) is 2.95. The summed E-state index contributed by atoms with van der Waals surface area (Å²) in [5.74, 6) is -0.186. The number of carbonyl (C=O) groups is 1. The highest BCUT2D eigenvalue weighted by molar-refractivity contribution is 14.1. The van der Waals surface area contributed by atoms with Gasteiger partial charge in [-0.2, -0.15) is 0 Å². The Morgan fingerprint density at radius 1 is 1.46 bits per heavy atom. The number of ether oxygens (including phenoxy) is 1. The highest BCUT2D eigenvalue weighted by Crippen LogP contribution is 1.98. The molecule has 0 amide bonds. The quantitative estimate of drug-likeness (QED) is 0.337. The molecule has 0 aliphatic rings. The smallest absolute Gasteiger partial charge is 0.322 e. The molecule has 0 aliphatic carbocycles. The van der Waals surface area contributed by atoms with Crippen LogP contribution in [0.15, 0.2) is 0 Å². The normalized spacial score (nSPS) is 12.5. The van der Waals surface area contributed by atoms with E-state index in [4.69, 9.17) is 0 Å². The van der Waals surface area contributed by atoms with E-state index in [0.717, 1.165) is 13.0 Å². The SMILES string of the molecule is COC(=O)[C@H](C)NCCCCCI. The predicted molar refractivity (Wildman–Crippen MR) is 62.2 cm³/mol. The van der Waals surface area contributed by atoms with E-state index >= 15 is 0 Å². The summed E-state index contributed by atoms with van der Waals surface area (Å²) in [4.78, 5) is 10.9. The fourth-order valence-corrected chi connectivity index (χ4v) is 1.51. The summed E-state index contributed by atoms with van der Waals surface area (Å²) in [6, 6.07) is -0.176. The molecule has 3 nitrogen and oxygen atoms in total. The summed E-state index contributed by atoms with van der Waals surface area (Å²) in [7, 11) is 1.41. The highest BCUT2D eigenvalue weighted by atomic mass is 127. The lowest BCUT2D eigenvalue weighted by molar-refractivity contribution is -0.142. The fourth-order valence-electron chi connectivity index (χ4n) is 0.975. The van der Waals surface area contributed by atoms with Gasteiger partial charge < -0.3 is 10.1 Å². The van der Waals surface area contributed by atoms with Crippen molar-refractivity contribution < 1.29 is 9.53 Å². The molecule has 78 valence electrons. The predicted octanol–water partition coefficient (Wildman–Crippen LogP) is 1.74. The Morgan fingerprint density at radius 3 is 2.69 bits per heavy atom. The van der Waals surface area contributed by atoms with Crippen LogP contribution in [0.4, 0.5) is 0 Å². The van der Waals surface area contributed by atoms with Gasteiger partial charge in [-0.1, -0.05) is 29.0 Å². The molecular weight excluding hydrogens is 281 g/mol. The van der Waals surface area contributed by atoms with Gasteiger partial charge in [0.05, 0.1) is 7.11 Å². The Kier molecular flexibility index (Phi) is 8.85. The van der Waals surface area contributed by atoms with E-state index in [2.05, 4.69) is 32.6 Å². The van der Waals surface area contributed by atoms with E-state index in [1.54, 1.807) is 0 Å². The number of methoxy groups -OCH3 is 1. The molecule has 0 aromatic carbocycles. The minimum absolute atomic E-state index is 0.176. The lowest BCUT2D eigenvalue weighted by atomic mass is 10.2. The van der Waals surface area contributed by atoms with Gasteiger partial charge in [0.15, 0.2) is 0 Å². The zero-order valence-electron chi connectivity index (χ0n) is 8.31. The number of esters is 1. The Morgan fingerprint density at radius 2 is 2.15 bits per heavy atom. The van der Waals surface area contributed by atoms with Gasteiger partial charge in [-0.25, -0.2) is 0 Å². The molecule has 0 bridgehead atoms. The molecule has 0 saturated carbocycles. The van der Waals surface area contributed by atoms with Gasteiger partial charge in [-0.05, 0) is 30.7 Å². The van der Waals surface area contributed by atoms with Gasteiger partial charge in [-0.3, -0.25) is 4.79 Å². The Balaban J connectivity index is 3.26. The van der Waals surface area contributed by atoms with Crippen LogP contribution < -0.4 is 5.32 Å². The topological polar surface area (TPSA) is 38.3 Å². The second-order valence-corrected chi connectivity index (χ2v) is 4.03. The van der Waals surface area contributed by atoms with Crippen LogP contribution in [0.2, 0.25) is 0 Å². The molecule has 0 saturated heterocycles. The number of rotatable bonds is 7. The monoisotopic (exact) mass is 299 g/mol. The van der Waals surface area contributed by atoms with Gasteiger partial charge in [0.25, 0.3) is 0 Å². The average Bonchev–Trinajstić information content (AvgIpc) is 2.16. The molecule has 0 radical (unpaired) electrons. The maximum atomic E-state index is 10.9. The first-order valence-electron chi connectivity index (χ1n) is 4.59. The fraction of sp³-hybridized carbons (Fsp3) is 0.889. The Labute approximate surface area is 93.7 Å². The maximum Gasteiger partial charge on any atom is 0.322 e. The largest absolute Gasteiger partial charge is 0.468 e. The molecule has 1 N–H and O–H groups in total. The molecule has 0 aromatic rings. The van der Waals surface area contributed by atoms with E-state index in [9.17, 15) is 4.79 Å². The van der Waals surface area contributed by atoms with E-state index in [0.29, 0.717) is 0 Å². The number of unbranched alkanes of at least 4 members (excludes halogenated alkanes) is 2. The van der Waals surface area contributed by atoms with E-state index in [1.165, 1.54) is 24.4 Å². The summed E-state index contributed by atoms with van der Waals surface area (Å²) < 4.78 is 5.80. The number of alkyl halides is 1. The molecule has 0 aliphatic heterocycles. The van der Waals surface area contributed by atoms with Crippen LogP contribution >= 0.6 is 22.6 Å². The van der Waals surface area contributed by atoms with Crippen LogP contribution in [0.1, 0.15) is 26.2 Å². The van der Waals surface area contributed by atoms with Crippen molar-refractivity contribution in [1.82, 2.24) is 5.32 Å². The second kappa shape index (κ2) is 8.74. The van der Waals surface area contributed by atoms with Crippen molar-refractivity contribution in [2.24, 2.45) is 0 Å². The number of hydrogen-bond acceptors (Lipinski definition) is 3. The van der Waals surface area contributed by atoms with Gasteiger partial charge in [0.1, 0.15) is 6.04 Å². The molecule has 0 aromatic heterocycles. The van der Waals surface area contributed by atoms with Crippen molar-refractivity contribution in [1.29, 1.82) is 0 Å². The lowest BCUT2D eigenvalue weighted by Gasteiger charge is -2.10. The van der Waals surface area contributed by atoms with E-state index in [1.807, 2.05) is 6.92 Å². The summed E-state index contributed by atoms with van der Waals surface area (Å²) >= 11 is 2.37. The van der Waals surface area contributed by atoms with Crippen LogP contribution in [-0.2, 0) is 9.53 Å². The van der Waals surface area contributed by atoms with Crippen molar-refractivity contribution in [2.75, 3.05) is 18.1 Å². The summed E-state index contributed by atoms with van der Waals surface area (Å²) in [6.45, 7) is 2.72. The molecule has 0 rings (SSSR count). The van der Waals surface area contributed by atoms with Crippen LogP contribution in [0.5, 0.6) is 0 Å². The minimum atomic E-state index is -0.186. The Hall–Kier alpha value is 0.160. The van der Waals surface area contributed by atoms with Crippen LogP contribution in [0.3, 0.4) is 0 Å². The summed E-state index contributed by atoms with van der Waals surface area (Å²) in [6.07, 6.45) is 3.61. The third-order valence-electron chi connectivity index (χ3n) is 1.82. The van der Waals surface area contributed by atoms with Crippen LogP contribution in [0, 0.1) is 0 Å². The van der Waals surface area contributed by atoms with Crippen molar-refractivity contribution >= 4 is 28.6 Å². The molecular formula is C9H18INO2. The lowest BCUT2D eigenvalue weighted by Crippen LogP contribution is -2.35. The first-order chi connectivity index (χ1) is 6.22. The molecule has 13 heavy (non-hydrogen) atoms. The van der Waals surface area contributed by atoms with Crippen molar-refractivity contribution in [2.45, 2.75) is 32.2 Å². The third-order valence-corrected chi connectivity index (χ3v) is 2.58. The van der Waals surface area contributed by atoms with Gasteiger partial charge in [0, 0.05) is 0 Å². The number of halogens is 1. The molecule has 1 atom stereocenters. The highest BCUT2D eigenvalue weighted by Gasteiger charge is 2.10. The minimum Gasteiger partial charge on any atom is -0.468 e. The van der Waals surface area contributed by atoms with Crippen molar-refractivity contribution in [3.05, 3.63) is 0 Å². The van der Waals surface area contributed by atoms with Gasteiger partial charge in [-0.15, -0.1) is 0 Å². The zero-order valence-corrected chi connectivity index (χ0v) is 10.5. The van der Waals surface area contributed by atoms with Crippen LogP contribution in [0.25, 0.3) is 0 Å². The molecule has 0 fully saturated rings. The van der Waals surface area contributed by atoms with E-state index in [-0.39, 0.29) is 12.0 Å². The number of nitrogens with one attached hydrogen (secondary N) is 1. The maximum absolute atomic E-state index is 10.9. The van der Waals surface area contributed by atoms with E-state index < -0.39 is 0 Å². The van der Waals surface area contributed by atoms with Gasteiger partial charge in [0.2, 0.25) is 0 Å². The number of hydrogen-bond donors (Lipinski definition) is 1. The van der Waals surface area contributed by atoms with Crippen LogP contribution in [-0.4, -0.2) is 30.1 Å². The standard InChI is InChI=1S/C9H18INO2/c1-8(9(12)13-2)11-7-5-3-4-6-10/h8,11H,3-7H2,1-2H3/t8-/m0/s1. The molecule has 4 heteroatoms. The number of carbonyl (C=O) groups excluding carboxylic acids is 1. The average molecular weight is 299 g/mol. The third kappa shape index (κ3) is 7.25. The van der Waals surface area contributed by atoms with Gasteiger partial charge >= 0.3 is 5.97 Å². The van der Waals surface area contributed by atoms with Crippen molar-refractivity contribution in [3.63, 3.8) is 0 Å². The summed E-state index contributed by atoms with van der Waals surface area (Å²) in [5.41, 5.74) is 0. The molecule has 0 spiro atoms. The zero-order chi connectivity index (χ0) is 10.1. The first kappa shape index (κ1) is 13.2. The Bertz CT molecular complexity index is 142. The summed E-state index contributed by atoms with van der Waals surface area (Å²) in [5, 5.41) is 3.12. The molecule has 0 heterocycles. The first-order valence-corrected chi connectivity index (χ1v) is 6.12. The van der Waals surface area contributed by atoms with Crippen molar-refractivity contribution in [3.8, 4) is 0 Å².